The van der Waals surface area contributed by atoms with Gasteiger partial charge in [-0.1, -0.05) is 6.92 Å². The zero-order chi connectivity index (χ0) is 13.7. The van der Waals surface area contributed by atoms with E-state index in [0.717, 1.165) is 30.9 Å². The van der Waals surface area contributed by atoms with Crippen LogP contribution in [-0.4, -0.2) is 37.6 Å². The van der Waals surface area contributed by atoms with E-state index < -0.39 is 0 Å². The number of nitrogens with one attached hydrogen (secondary N) is 1. The van der Waals surface area contributed by atoms with Crippen molar-refractivity contribution >= 4 is 11.6 Å². The monoisotopic (exact) mass is 262 g/mol. The molecule has 4 heteroatoms. The minimum absolute atomic E-state index is 0.0873. The van der Waals surface area contributed by atoms with E-state index in [1.807, 2.05) is 36.2 Å². The number of ether oxygens (including phenoxy) is 1. The highest BCUT2D eigenvalue weighted by molar-refractivity contribution is 5.77. The SMILES string of the molecule is CNc1ccc(OCC(=O)N2CCCC(C)C2)cc1. The smallest absolute Gasteiger partial charge is 0.260 e. The number of likely N-dealkylation sites (tertiary alicyclic amines) is 1. The Bertz CT molecular complexity index is 417. The lowest BCUT2D eigenvalue weighted by Gasteiger charge is -2.30. The molecule has 0 aromatic heterocycles. The summed E-state index contributed by atoms with van der Waals surface area (Å²) < 4.78 is 5.54. The van der Waals surface area contributed by atoms with Crippen molar-refractivity contribution in [3.05, 3.63) is 24.3 Å². The van der Waals surface area contributed by atoms with Gasteiger partial charge in [-0.25, -0.2) is 0 Å². The Morgan fingerprint density at radius 2 is 2.16 bits per heavy atom. The third kappa shape index (κ3) is 3.88. The molecule has 0 bridgehead atoms. The summed E-state index contributed by atoms with van der Waals surface area (Å²) in [6.45, 7) is 4.05. The fourth-order valence-corrected chi connectivity index (χ4v) is 2.37. The van der Waals surface area contributed by atoms with E-state index in [0.29, 0.717) is 5.92 Å². The van der Waals surface area contributed by atoms with Crippen LogP contribution in [0.15, 0.2) is 24.3 Å². The zero-order valence-electron chi connectivity index (χ0n) is 11.7. The number of carbonyl (C=O) groups excluding carboxylic acids is 1. The molecule has 1 fully saturated rings. The van der Waals surface area contributed by atoms with Crippen molar-refractivity contribution < 1.29 is 9.53 Å². The first-order valence-corrected chi connectivity index (χ1v) is 6.87. The van der Waals surface area contributed by atoms with Crippen LogP contribution in [0.3, 0.4) is 0 Å². The first-order chi connectivity index (χ1) is 9.19. The van der Waals surface area contributed by atoms with Gasteiger partial charge in [0.05, 0.1) is 0 Å². The van der Waals surface area contributed by atoms with Crippen LogP contribution in [0.1, 0.15) is 19.8 Å². The molecule has 0 aliphatic carbocycles. The minimum atomic E-state index is 0.0873. The molecule has 1 amide bonds. The van der Waals surface area contributed by atoms with Crippen LogP contribution in [0.5, 0.6) is 5.75 Å². The summed E-state index contributed by atoms with van der Waals surface area (Å²) in [5, 5.41) is 3.04. The van der Waals surface area contributed by atoms with Crippen LogP contribution >= 0.6 is 0 Å². The van der Waals surface area contributed by atoms with Crippen LogP contribution < -0.4 is 10.1 Å². The highest BCUT2D eigenvalue weighted by Gasteiger charge is 2.20. The number of nitrogens with zero attached hydrogens (tertiary/aromatic N) is 1. The average Bonchev–Trinajstić information content (AvgIpc) is 2.45. The first kappa shape index (κ1) is 13.7. The van der Waals surface area contributed by atoms with E-state index in [1.54, 1.807) is 0 Å². The molecule has 1 aliphatic rings. The lowest BCUT2D eigenvalue weighted by atomic mass is 10.0. The molecular formula is C15H22N2O2. The fourth-order valence-electron chi connectivity index (χ4n) is 2.37. The molecule has 1 saturated heterocycles. The maximum atomic E-state index is 12.0. The van der Waals surface area contributed by atoms with E-state index in [4.69, 9.17) is 4.74 Å². The quantitative estimate of drug-likeness (QED) is 0.905. The predicted octanol–water partition coefficient (Wildman–Crippen LogP) is 2.37. The zero-order valence-corrected chi connectivity index (χ0v) is 11.7. The topological polar surface area (TPSA) is 41.6 Å². The molecule has 104 valence electrons. The summed E-state index contributed by atoms with van der Waals surface area (Å²) in [7, 11) is 1.87. The van der Waals surface area contributed by atoms with Crippen LogP contribution in [-0.2, 0) is 4.79 Å². The third-order valence-electron chi connectivity index (χ3n) is 3.52. The molecule has 1 aromatic rings. The van der Waals surface area contributed by atoms with Crippen molar-refractivity contribution in [2.75, 3.05) is 32.1 Å². The van der Waals surface area contributed by atoms with E-state index in [-0.39, 0.29) is 12.5 Å². The van der Waals surface area contributed by atoms with Crippen molar-refractivity contribution in [1.29, 1.82) is 0 Å². The summed E-state index contributed by atoms with van der Waals surface area (Å²) in [6, 6.07) is 7.61. The lowest BCUT2D eigenvalue weighted by molar-refractivity contribution is -0.135. The molecule has 2 rings (SSSR count). The first-order valence-electron chi connectivity index (χ1n) is 6.87. The van der Waals surface area contributed by atoms with E-state index in [2.05, 4.69) is 12.2 Å². The summed E-state index contributed by atoms with van der Waals surface area (Å²) in [4.78, 5) is 13.9. The van der Waals surface area contributed by atoms with Crippen LogP contribution in [0.25, 0.3) is 0 Å². The van der Waals surface area contributed by atoms with Gasteiger partial charge in [0.1, 0.15) is 5.75 Å². The molecule has 1 N–H and O–H groups in total. The van der Waals surface area contributed by atoms with Gasteiger partial charge < -0.3 is 15.0 Å². The predicted molar refractivity (Wildman–Crippen MR) is 76.5 cm³/mol. The second-order valence-corrected chi connectivity index (χ2v) is 5.15. The number of piperidine rings is 1. The second-order valence-electron chi connectivity index (χ2n) is 5.15. The Morgan fingerprint density at radius 1 is 1.42 bits per heavy atom. The average molecular weight is 262 g/mol. The Morgan fingerprint density at radius 3 is 2.79 bits per heavy atom. The standard InChI is InChI=1S/C15H22N2O2/c1-12-4-3-9-17(10-12)15(18)11-19-14-7-5-13(16-2)6-8-14/h5-8,12,16H,3-4,9-11H2,1-2H3. The Balaban J connectivity index is 1.82. The maximum absolute atomic E-state index is 12.0. The van der Waals surface area contributed by atoms with E-state index >= 15 is 0 Å². The third-order valence-corrected chi connectivity index (χ3v) is 3.52. The Labute approximate surface area is 114 Å². The number of amides is 1. The molecule has 0 saturated carbocycles. The maximum Gasteiger partial charge on any atom is 0.260 e. The van der Waals surface area contributed by atoms with Crippen LogP contribution in [0.2, 0.25) is 0 Å². The molecule has 1 aliphatic heterocycles. The largest absolute Gasteiger partial charge is 0.484 e. The van der Waals surface area contributed by atoms with Crippen molar-refractivity contribution in [3.8, 4) is 5.75 Å². The van der Waals surface area contributed by atoms with Gasteiger partial charge >= 0.3 is 0 Å². The molecule has 1 atom stereocenters. The van der Waals surface area contributed by atoms with Gasteiger partial charge in [0.2, 0.25) is 0 Å². The molecule has 1 aromatic carbocycles. The van der Waals surface area contributed by atoms with Crippen LogP contribution in [0, 0.1) is 5.92 Å². The molecule has 0 radical (unpaired) electrons. The molecule has 19 heavy (non-hydrogen) atoms. The van der Waals surface area contributed by atoms with E-state index in [1.165, 1.54) is 6.42 Å². The highest BCUT2D eigenvalue weighted by Crippen LogP contribution is 2.17. The summed E-state index contributed by atoms with van der Waals surface area (Å²) >= 11 is 0. The normalized spacial score (nSPS) is 19.1. The number of hydrogen-bond acceptors (Lipinski definition) is 3. The number of carbonyl (C=O) groups is 1. The summed E-state index contributed by atoms with van der Waals surface area (Å²) in [6.07, 6.45) is 2.32. The second kappa shape index (κ2) is 6.45. The summed E-state index contributed by atoms with van der Waals surface area (Å²) in [5.41, 5.74) is 1.03. The van der Waals surface area contributed by atoms with Crippen molar-refractivity contribution in [1.82, 2.24) is 4.90 Å². The molecule has 0 spiro atoms. The number of anilines is 1. The molecule has 4 nitrogen and oxygen atoms in total. The Kier molecular flexibility index (Phi) is 4.66. The van der Waals surface area contributed by atoms with Crippen molar-refractivity contribution in [3.63, 3.8) is 0 Å². The van der Waals surface area contributed by atoms with Crippen LogP contribution in [0.4, 0.5) is 5.69 Å². The summed E-state index contributed by atoms with van der Waals surface area (Å²) in [5.74, 6) is 1.43. The van der Waals surface area contributed by atoms with Gasteiger partial charge in [0, 0.05) is 25.8 Å². The van der Waals surface area contributed by atoms with Gasteiger partial charge in [0.15, 0.2) is 6.61 Å². The highest BCUT2D eigenvalue weighted by atomic mass is 16.5. The van der Waals surface area contributed by atoms with Gasteiger partial charge in [-0.15, -0.1) is 0 Å². The van der Waals surface area contributed by atoms with E-state index in [9.17, 15) is 4.79 Å². The number of hydrogen-bond donors (Lipinski definition) is 1. The number of benzene rings is 1. The van der Waals surface area contributed by atoms with Crippen molar-refractivity contribution in [2.45, 2.75) is 19.8 Å². The van der Waals surface area contributed by atoms with Crippen molar-refractivity contribution in [2.24, 2.45) is 5.92 Å². The fraction of sp³-hybridized carbons (Fsp3) is 0.533. The lowest BCUT2D eigenvalue weighted by Crippen LogP contribution is -2.41. The van der Waals surface area contributed by atoms with Gasteiger partial charge in [0.25, 0.3) is 5.91 Å². The van der Waals surface area contributed by atoms with Gasteiger partial charge in [-0.2, -0.15) is 0 Å². The molecule has 1 unspecified atom stereocenters. The minimum Gasteiger partial charge on any atom is -0.484 e. The Hall–Kier alpha value is -1.71. The number of rotatable bonds is 4. The van der Waals surface area contributed by atoms with Gasteiger partial charge in [-0.3, -0.25) is 4.79 Å². The molecular weight excluding hydrogens is 240 g/mol. The van der Waals surface area contributed by atoms with Gasteiger partial charge in [-0.05, 0) is 43.0 Å². The molecule has 1 heterocycles.